The number of carboxylic acids is 1. The summed E-state index contributed by atoms with van der Waals surface area (Å²) in [6.07, 6.45) is 0.659. The normalized spacial score (nSPS) is 46.4. The maximum Gasteiger partial charge on any atom is 0.397 e. The Morgan fingerprint density at radius 1 is 1.02 bits per heavy atom. The molecular weight excluding hydrogens is 622 g/mol. The number of amides is 1. The molecule has 14 heteroatoms. The highest BCUT2D eigenvalue weighted by molar-refractivity contribution is 7.80. The lowest BCUT2D eigenvalue weighted by Gasteiger charge is -2.63. The quantitative estimate of drug-likeness (QED) is 0.146. The van der Waals surface area contributed by atoms with E-state index in [4.69, 9.17) is 13.7 Å². The number of aliphatic hydroxyl groups is 3. The predicted octanol–water partition coefficient (Wildman–Crippen LogP) is 2.27. The number of aliphatic carboxylic acids is 1. The summed E-state index contributed by atoms with van der Waals surface area (Å²) in [6.45, 7) is 7.43. The van der Waals surface area contributed by atoms with Crippen molar-refractivity contribution in [2.45, 2.75) is 135 Å². The summed E-state index contributed by atoms with van der Waals surface area (Å²) in [5.41, 5.74) is -0.235. The fourth-order valence-corrected chi connectivity index (χ4v) is 11.4. The fraction of sp³-hybridized carbons (Fsp3) is 0.938. The van der Waals surface area contributed by atoms with E-state index < -0.39 is 65.6 Å². The third kappa shape index (κ3) is 6.87. The molecule has 0 radical (unpaired) electrons. The first-order chi connectivity index (χ1) is 21.5. The molecule has 5 aliphatic rings. The van der Waals surface area contributed by atoms with Gasteiger partial charge in [-0.05, 0) is 104 Å². The van der Waals surface area contributed by atoms with Gasteiger partial charge in [0.15, 0.2) is 6.29 Å². The minimum atomic E-state index is -4.74. The molecule has 0 spiro atoms. The Labute approximate surface area is 271 Å². The number of nitrogens with one attached hydrogen (secondary N) is 1. The van der Waals surface area contributed by atoms with Crippen LogP contribution in [0, 0.1) is 46.3 Å². The van der Waals surface area contributed by atoms with Gasteiger partial charge < -0.3 is 35.2 Å². The first-order valence-corrected chi connectivity index (χ1v) is 18.3. The highest BCUT2D eigenvalue weighted by Crippen LogP contribution is 2.69. The van der Waals surface area contributed by atoms with E-state index in [1.54, 1.807) is 0 Å². The van der Waals surface area contributed by atoms with E-state index in [0.717, 1.165) is 32.1 Å². The van der Waals surface area contributed by atoms with E-state index in [1.807, 2.05) is 0 Å². The number of carboxylic acid groups (broad SMARTS) is 1. The molecule has 0 aromatic rings. The van der Waals surface area contributed by atoms with Gasteiger partial charge in [0.25, 0.3) is 0 Å². The van der Waals surface area contributed by atoms with E-state index in [1.165, 1.54) is 6.92 Å². The second-order valence-corrected chi connectivity index (χ2v) is 16.4. The summed E-state index contributed by atoms with van der Waals surface area (Å²) >= 11 is 0. The summed E-state index contributed by atoms with van der Waals surface area (Å²) in [4.78, 5) is 23.2. The molecule has 1 heterocycles. The van der Waals surface area contributed by atoms with Gasteiger partial charge in [-0.15, -0.1) is 0 Å². The van der Waals surface area contributed by atoms with Crippen molar-refractivity contribution in [2.24, 2.45) is 46.3 Å². The van der Waals surface area contributed by atoms with Gasteiger partial charge in [0.1, 0.15) is 24.4 Å². The van der Waals surface area contributed by atoms with Gasteiger partial charge in [0.2, 0.25) is 5.91 Å². The zero-order chi connectivity index (χ0) is 33.8. The molecule has 0 bridgehead atoms. The summed E-state index contributed by atoms with van der Waals surface area (Å²) in [6, 6.07) is -1.06. The van der Waals surface area contributed by atoms with Gasteiger partial charge in [0.05, 0.1) is 18.8 Å². The van der Waals surface area contributed by atoms with Crippen molar-refractivity contribution in [1.82, 2.24) is 5.32 Å². The van der Waals surface area contributed by atoms with Crippen LogP contribution < -0.4 is 5.32 Å². The molecular formula is C32H53NO12S. The number of carbonyl (C=O) groups excluding carboxylic acids is 1. The Morgan fingerprint density at radius 3 is 2.33 bits per heavy atom. The standard InChI is InChI=1S/C32H53NO12S/c1-16(5-8-25(36)37)20-6-7-21-26-22(10-12-32(20,21)4)31(3)11-9-19(13-18(31)14-23(26)45-46(40,41)42)43-30-27(33-17(2)35)29(39)28(38)24(15-34)44-30/h16,18-24,26-30,34,38-39H,5-15H2,1-4H3,(H,33,35)(H,36,37)(H,40,41,42)/t16-,18+,19-,20-,21+,22+,23-,24-,26+,27-,28-,29-,30-,31+,32-/m1/s1. The van der Waals surface area contributed by atoms with Crippen molar-refractivity contribution in [3.63, 3.8) is 0 Å². The molecule has 4 saturated carbocycles. The van der Waals surface area contributed by atoms with Crippen LogP contribution in [0.1, 0.15) is 91.9 Å². The van der Waals surface area contributed by atoms with E-state index in [0.29, 0.717) is 31.6 Å². The number of rotatable bonds is 10. The summed E-state index contributed by atoms with van der Waals surface area (Å²) in [5.74, 6) is -0.459. The smallest absolute Gasteiger partial charge is 0.397 e. The molecule has 4 aliphatic carbocycles. The minimum Gasteiger partial charge on any atom is -0.481 e. The van der Waals surface area contributed by atoms with Gasteiger partial charge in [-0.1, -0.05) is 20.8 Å². The molecule has 5 fully saturated rings. The van der Waals surface area contributed by atoms with Gasteiger partial charge in [-0.3, -0.25) is 14.1 Å². The number of fused-ring (bicyclic) bond motifs is 5. The van der Waals surface area contributed by atoms with E-state index >= 15 is 0 Å². The minimum absolute atomic E-state index is 0.0118. The summed E-state index contributed by atoms with van der Waals surface area (Å²) < 4.78 is 52.0. The second-order valence-electron chi connectivity index (χ2n) is 15.4. The van der Waals surface area contributed by atoms with Gasteiger partial charge in [-0.25, -0.2) is 4.18 Å². The zero-order valence-electron chi connectivity index (χ0n) is 27.3. The van der Waals surface area contributed by atoms with Crippen LogP contribution in [0.25, 0.3) is 0 Å². The third-order valence-electron chi connectivity index (χ3n) is 13.0. The molecule has 0 aromatic carbocycles. The van der Waals surface area contributed by atoms with E-state index in [9.17, 15) is 43.0 Å². The molecule has 264 valence electrons. The average molecular weight is 676 g/mol. The summed E-state index contributed by atoms with van der Waals surface area (Å²) in [7, 11) is -4.74. The lowest BCUT2D eigenvalue weighted by atomic mass is 9.43. The monoisotopic (exact) mass is 675 g/mol. The number of hydrogen-bond acceptors (Lipinski definition) is 10. The first kappa shape index (κ1) is 35.9. The fourth-order valence-electron chi connectivity index (χ4n) is 10.8. The number of ether oxygens (including phenoxy) is 2. The van der Waals surface area contributed by atoms with Crippen LogP contribution in [0.15, 0.2) is 0 Å². The van der Waals surface area contributed by atoms with Crippen LogP contribution in [0.2, 0.25) is 0 Å². The molecule has 0 aromatic heterocycles. The molecule has 15 atom stereocenters. The highest BCUT2D eigenvalue weighted by atomic mass is 32.3. The number of hydrogen-bond donors (Lipinski definition) is 6. The number of aliphatic hydroxyl groups excluding tert-OH is 3. The SMILES string of the molecule is CC(=O)N[C@H]1[C@H](O[C@@H]2CC[C@@]3(C)[C@@H](C2)C[C@@H](OS(=O)(=O)O)[C@@H]2[C@@H]3CC[C@]3(C)[C@@H]([C@H](C)CCC(=O)O)CC[C@@H]23)O[C@H](CO)[C@@H](O)[C@@H]1O. The van der Waals surface area contributed by atoms with Crippen LogP contribution in [0.3, 0.4) is 0 Å². The Hall–Kier alpha value is -1.39. The maximum absolute atomic E-state index is 12.2. The molecule has 5 rings (SSSR count). The molecule has 0 unspecified atom stereocenters. The van der Waals surface area contributed by atoms with Crippen molar-refractivity contribution in [1.29, 1.82) is 0 Å². The van der Waals surface area contributed by atoms with Crippen molar-refractivity contribution in [3.8, 4) is 0 Å². The number of carbonyl (C=O) groups is 2. The average Bonchev–Trinajstić information content (AvgIpc) is 3.32. The van der Waals surface area contributed by atoms with Crippen LogP contribution in [-0.2, 0) is 33.6 Å². The van der Waals surface area contributed by atoms with Crippen molar-refractivity contribution < 1.29 is 56.6 Å². The molecule has 6 N–H and O–H groups in total. The highest BCUT2D eigenvalue weighted by Gasteiger charge is 2.64. The molecule has 1 amide bonds. The summed E-state index contributed by atoms with van der Waals surface area (Å²) in [5, 5.41) is 42.7. The second kappa shape index (κ2) is 13.5. The lowest BCUT2D eigenvalue weighted by Crippen LogP contribution is -2.65. The molecule has 1 saturated heterocycles. The Bertz CT molecular complexity index is 1230. The van der Waals surface area contributed by atoms with Gasteiger partial charge in [0, 0.05) is 13.3 Å². The molecule has 13 nitrogen and oxygen atoms in total. The van der Waals surface area contributed by atoms with Crippen molar-refractivity contribution >= 4 is 22.3 Å². The lowest BCUT2D eigenvalue weighted by molar-refractivity contribution is -0.289. The van der Waals surface area contributed by atoms with Gasteiger partial charge in [-0.2, -0.15) is 8.42 Å². The van der Waals surface area contributed by atoms with E-state index in [-0.39, 0.29) is 52.9 Å². The molecule has 46 heavy (non-hydrogen) atoms. The van der Waals surface area contributed by atoms with Gasteiger partial charge >= 0.3 is 16.4 Å². The Kier molecular flexibility index (Phi) is 10.5. The Balaban J connectivity index is 1.37. The van der Waals surface area contributed by atoms with Crippen LogP contribution in [0.4, 0.5) is 0 Å². The Morgan fingerprint density at radius 2 is 1.70 bits per heavy atom. The van der Waals surface area contributed by atoms with Crippen LogP contribution >= 0.6 is 0 Å². The zero-order valence-corrected chi connectivity index (χ0v) is 28.1. The van der Waals surface area contributed by atoms with Crippen LogP contribution in [-0.4, -0.2) is 94.7 Å². The van der Waals surface area contributed by atoms with Crippen molar-refractivity contribution in [2.75, 3.05) is 6.61 Å². The largest absolute Gasteiger partial charge is 0.481 e. The van der Waals surface area contributed by atoms with Crippen LogP contribution in [0.5, 0.6) is 0 Å². The first-order valence-electron chi connectivity index (χ1n) is 16.9. The maximum atomic E-state index is 12.2. The topological polar surface area (TPSA) is 209 Å². The predicted molar refractivity (Wildman–Crippen MR) is 163 cm³/mol. The molecule has 1 aliphatic heterocycles. The van der Waals surface area contributed by atoms with E-state index in [2.05, 4.69) is 26.1 Å². The third-order valence-corrected chi connectivity index (χ3v) is 13.5. The van der Waals surface area contributed by atoms with Crippen molar-refractivity contribution in [3.05, 3.63) is 0 Å².